The molecule has 0 saturated heterocycles. The molecule has 0 radical (unpaired) electrons. The molecule has 4 heteroatoms. The number of benzene rings is 1. The standard InChI is InChI=1S/C14H21NO2S/c1-11-7-9-12(10-8-11)18(16,17)14-6-4-3-5-13(14)15-2/h7-10,13-15H,3-6H2,1-2H3. The molecule has 100 valence electrons. The average molecular weight is 267 g/mol. The molecule has 0 aliphatic heterocycles. The molecule has 2 atom stereocenters. The maximum atomic E-state index is 12.6. The van der Waals surface area contributed by atoms with Gasteiger partial charge in [0.2, 0.25) is 0 Å². The highest BCUT2D eigenvalue weighted by Gasteiger charge is 2.35. The van der Waals surface area contributed by atoms with Crippen molar-refractivity contribution in [2.24, 2.45) is 0 Å². The van der Waals surface area contributed by atoms with Crippen molar-refractivity contribution in [1.82, 2.24) is 5.32 Å². The van der Waals surface area contributed by atoms with Crippen LogP contribution in [0.15, 0.2) is 29.2 Å². The van der Waals surface area contributed by atoms with Crippen molar-refractivity contribution in [2.45, 2.75) is 48.8 Å². The van der Waals surface area contributed by atoms with Crippen molar-refractivity contribution in [3.63, 3.8) is 0 Å². The van der Waals surface area contributed by atoms with Crippen molar-refractivity contribution in [3.8, 4) is 0 Å². The molecular formula is C14H21NO2S. The molecular weight excluding hydrogens is 246 g/mol. The Balaban J connectivity index is 2.32. The Kier molecular flexibility index (Phi) is 4.07. The highest BCUT2D eigenvalue weighted by molar-refractivity contribution is 7.92. The fourth-order valence-electron chi connectivity index (χ4n) is 2.70. The van der Waals surface area contributed by atoms with Crippen LogP contribution >= 0.6 is 0 Å². The maximum absolute atomic E-state index is 12.6. The van der Waals surface area contributed by atoms with Gasteiger partial charge in [0, 0.05) is 6.04 Å². The molecule has 0 amide bonds. The van der Waals surface area contributed by atoms with Crippen LogP contribution in [0.25, 0.3) is 0 Å². The van der Waals surface area contributed by atoms with Crippen LogP contribution < -0.4 is 5.32 Å². The number of sulfone groups is 1. The van der Waals surface area contributed by atoms with Gasteiger partial charge in [-0.25, -0.2) is 8.42 Å². The van der Waals surface area contributed by atoms with Gasteiger partial charge >= 0.3 is 0 Å². The van der Waals surface area contributed by atoms with Gasteiger partial charge < -0.3 is 5.32 Å². The van der Waals surface area contributed by atoms with E-state index in [1.165, 1.54) is 0 Å². The van der Waals surface area contributed by atoms with Crippen LogP contribution in [-0.2, 0) is 9.84 Å². The van der Waals surface area contributed by atoms with Gasteiger partial charge in [-0.05, 0) is 38.9 Å². The molecule has 3 nitrogen and oxygen atoms in total. The number of nitrogens with one attached hydrogen (secondary N) is 1. The van der Waals surface area contributed by atoms with Crippen LogP contribution in [0.2, 0.25) is 0 Å². The summed E-state index contributed by atoms with van der Waals surface area (Å²) in [6.07, 6.45) is 3.84. The number of hydrogen-bond acceptors (Lipinski definition) is 3. The minimum absolute atomic E-state index is 0.0880. The lowest BCUT2D eigenvalue weighted by molar-refractivity contribution is 0.390. The molecule has 0 spiro atoms. The minimum Gasteiger partial charge on any atom is -0.316 e. The van der Waals surface area contributed by atoms with Crippen LogP contribution in [0, 0.1) is 6.92 Å². The van der Waals surface area contributed by atoms with Crippen LogP contribution in [0.3, 0.4) is 0 Å². The van der Waals surface area contributed by atoms with E-state index in [1.54, 1.807) is 12.1 Å². The lowest BCUT2D eigenvalue weighted by Crippen LogP contribution is -2.44. The van der Waals surface area contributed by atoms with Gasteiger partial charge in [0.15, 0.2) is 9.84 Å². The van der Waals surface area contributed by atoms with Crippen molar-refractivity contribution in [1.29, 1.82) is 0 Å². The lowest BCUT2D eigenvalue weighted by atomic mass is 9.95. The van der Waals surface area contributed by atoms with Crippen LogP contribution in [0.4, 0.5) is 0 Å². The quantitative estimate of drug-likeness (QED) is 0.914. The first-order valence-corrected chi connectivity index (χ1v) is 8.08. The van der Waals surface area contributed by atoms with Gasteiger partial charge in [0.25, 0.3) is 0 Å². The van der Waals surface area contributed by atoms with Crippen LogP contribution in [0.5, 0.6) is 0 Å². The van der Waals surface area contributed by atoms with Crippen LogP contribution in [-0.4, -0.2) is 26.8 Å². The van der Waals surface area contributed by atoms with Crippen LogP contribution in [0.1, 0.15) is 31.2 Å². The molecule has 1 aliphatic rings. The van der Waals surface area contributed by atoms with Gasteiger partial charge in [-0.1, -0.05) is 30.5 Å². The Morgan fingerprint density at radius 3 is 2.33 bits per heavy atom. The predicted molar refractivity (Wildman–Crippen MR) is 73.5 cm³/mol. The molecule has 1 N–H and O–H groups in total. The van der Waals surface area contributed by atoms with E-state index in [9.17, 15) is 8.42 Å². The highest BCUT2D eigenvalue weighted by atomic mass is 32.2. The maximum Gasteiger partial charge on any atom is 0.182 e. The molecule has 18 heavy (non-hydrogen) atoms. The summed E-state index contributed by atoms with van der Waals surface area (Å²) in [7, 11) is -1.35. The summed E-state index contributed by atoms with van der Waals surface area (Å²) in [5.74, 6) is 0. The fourth-order valence-corrected chi connectivity index (χ4v) is 4.75. The smallest absolute Gasteiger partial charge is 0.182 e. The third kappa shape index (κ3) is 2.59. The Morgan fingerprint density at radius 2 is 1.72 bits per heavy atom. The summed E-state index contributed by atoms with van der Waals surface area (Å²) in [6.45, 7) is 1.97. The first kappa shape index (κ1) is 13.6. The minimum atomic E-state index is -3.20. The van der Waals surface area contributed by atoms with E-state index >= 15 is 0 Å². The molecule has 0 aromatic heterocycles. The zero-order valence-electron chi connectivity index (χ0n) is 11.0. The summed E-state index contributed by atoms with van der Waals surface area (Å²) >= 11 is 0. The second-order valence-electron chi connectivity index (χ2n) is 5.08. The molecule has 2 unspecified atom stereocenters. The van der Waals surface area contributed by atoms with Crippen molar-refractivity contribution in [3.05, 3.63) is 29.8 Å². The lowest BCUT2D eigenvalue weighted by Gasteiger charge is -2.30. The number of hydrogen-bond donors (Lipinski definition) is 1. The molecule has 1 aromatic rings. The van der Waals surface area contributed by atoms with Gasteiger partial charge in [-0.2, -0.15) is 0 Å². The number of aryl methyl sites for hydroxylation is 1. The second kappa shape index (κ2) is 5.41. The molecule has 1 aliphatic carbocycles. The molecule has 1 fully saturated rings. The van der Waals surface area contributed by atoms with E-state index in [-0.39, 0.29) is 11.3 Å². The Hall–Kier alpha value is -0.870. The SMILES string of the molecule is CNC1CCCCC1S(=O)(=O)c1ccc(C)cc1. The third-order valence-electron chi connectivity index (χ3n) is 3.82. The highest BCUT2D eigenvalue weighted by Crippen LogP contribution is 2.29. The average Bonchev–Trinajstić information content (AvgIpc) is 2.39. The molecule has 2 rings (SSSR count). The summed E-state index contributed by atoms with van der Waals surface area (Å²) in [5.41, 5.74) is 1.09. The van der Waals surface area contributed by atoms with Crippen molar-refractivity contribution < 1.29 is 8.42 Å². The molecule has 1 saturated carbocycles. The van der Waals surface area contributed by atoms with Gasteiger partial charge in [0.1, 0.15) is 0 Å². The molecule has 0 heterocycles. The zero-order valence-corrected chi connectivity index (χ0v) is 11.8. The number of rotatable bonds is 3. The first-order chi connectivity index (χ1) is 8.55. The second-order valence-corrected chi connectivity index (χ2v) is 7.24. The summed E-state index contributed by atoms with van der Waals surface area (Å²) in [4.78, 5) is 0.459. The van der Waals surface area contributed by atoms with Gasteiger partial charge in [0.05, 0.1) is 10.1 Å². The monoisotopic (exact) mass is 267 g/mol. The van der Waals surface area contributed by atoms with Gasteiger partial charge in [-0.15, -0.1) is 0 Å². The summed E-state index contributed by atoms with van der Waals surface area (Å²) < 4.78 is 25.3. The van der Waals surface area contributed by atoms with E-state index in [1.807, 2.05) is 26.1 Å². The molecule has 0 bridgehead atoms. The third-order valence-corrected chi connectivity index (χ3v) is 6.11. The van der Waals surface area contributed by atoms with Crippen molar-refractivity contribution >= 4 is 9.84 Å². The zero-order chi connectivity index (χ0) is 13.2. The Bertz CT molecular complexity index is 493. The van der Waals surface area contributed by atoms with E-state index in [0.29, 0.717) is 4.90 Å². The normalized spacial score (nSPS) is 25.0. The van der Waals surface area contributed by atoms with E-state index in [4.69, 9.17) is 0 Å². The summed E-state index contributed by atoms with van der Waals surface area (Å²) in [6, 6.07) is 7.27. The van der Waals surface area contributed by atoms with E-state index < -0.39 is 9.84 Å². The Morgan fingerprint density at radius 1 is 1.11 bits per heavy atom. The van der Waals surface area contributed by atoms with Gasteiger partial charge in [-0.3, -0.25) is 0 Å². The topological polar surface area (TPSA) is 46.2 Å². The largest absolute Gasteiger partial charge is 0.316 e. The van der Waals surface area contributed by atoms with E-state index in [0.717, 1.165) is 31.2 Å². The molecule has 1 aromatic carbocycles. The first-order valence-electron chi connectivity index (χ1n) is 6.53. The van der Waals surface area contributed by atoms with Crippen molar-refractivity contribution in [2.75, 3.05) is 7.05 Å². The predicted octanol–water partition coefficient (Wildman–Crippen LogP) is 2.30. The Labute approximate surface area is 110 Å². The summed E-state index contributed by atoms with van der Waals surface area (Å²) in [5, 5.41) is 2.88. The fraction of sp³-hybridized carbons (Fsp3) is 0.571. The van der Waals surface area contributed by atoms with E-state index in [2.05, 4.69) is 5.32 Å².